The average Bonchev–Trinajstić information content (AvgIpc) is 3.51. The molecular formula is C44H48N2O9. The van der Waals surface area contributed by atoms with Crippen LogP contribution in [0.1, 0.15) is 90.6 Å². The number of aromatic hydroxyl groups is 1. The summed E-state index contributed by atoms with van der Waals surface area (Å²) >= 11 is 0. The second kappa shape index (κ2) is 16.0. The molecule has 1 aromatic carbocycles. The number of nitrogens with one attached hydrogen (secondary N) is 1. The number of carbonyl (C=O) groups is 3. The molecule has 55 heavy (non-hydrogen) atoms. The largest absolute Gasteiger partial charge is 0.508 e. The predicted octanol–water partition coefficient (Wildman–Crippen LogP) is 6.16. The number of ether oxygens (including phenoxy) is 3. The van der Waals surface area contributed by atoms with E-state index in [2.05, 4.69) is 47.5 Å². The molecule has 11 heteroatoms. The lowest BCUT2D eigenvalue weighted by molar-refractivity contribution is -0.300. The van der Waals surface area contributed by atoms with Gasteiger partial charge in [-0.25, -0.2) is 0 Å². The Morgan fingerprint density at radius 2 is 1.93 bits per heavy atom. The van der Waals surface area contributed by atoms with Gasteiger partial charge in [0.15, 0.2) is 29.6 Å². The third-order valence-electron chi connectivity index (χ3n) is 10.9. The van der Waals surface area contributed by atoms with Crippen molar-refractivity contribution in [2.45, 2.75) is 116 Å². The van der Waals surface area contributed by atoms with E-state index < -0.39 is 53.5 Å². The average molecular weight is 749 g/mol. The number of nitrogens with zero attached hydrogens (tertiary/aromatic N) is 1. The molecular weight excluding hydrogens is 700 g/mol. The van der Waals surface area contributed by atoms with E-state index in [0.29, 0.717) is 57.3 Å². The first-order valence-electron chi connectivity index (χ1n) is 18.9. The van der Waals surface area contributed by atoms with Crippen LogP contribution in [0.4, 0.5) is 0 Å². The van der Waals surface area contributed by atoms with Gasteiger partial charge in [0, 0.05) is 34.5 Å². The highest BCUT2D eigenvalue weighted by Gasteiger charge is 2.59. The first-order valence-corrected chi connectivity index (χ1v) is 18.9. The number of benzene rings is 1. The van der Waals surface area contributed by atoms with Gasteiger partial charge in [-0.2, -0.15) is 0 Å². The molecule has 1 saturated heterocycles. The minimum Gasteiger partial charge on any atom is -0.508 e. The normalized spacial score (nSPS) is 29.1. The minimum absolute atomic E-state index is 0.0320. The molecule has 6 rings (SSSR count). The van der Waals surface area contributed by atoms with E-state index >= 15 is 0 Å². The number of aromatic nitrogens is 2. The molecule has 3 heterocycles. The summed E-state index contributed by atoms with van der Waals surface area (Å²) < 4.78 is 19.0. The monoisotopic (exact) mass is 748 g/mol. The number of H-pyrrole nitrogens is 1. The van der Waals surface area contributed by atoms with E-state index in [-0.39, 0.29) is 30.1 Å². The summed E-state index contributed by atoms with van der Waals surface area (Å²) in [5.74, 6) is 10.5. The van der Waals surface area contributed by atoms with Gasteiger partial charge in [0.05, 0.1) is 23.5 Å². The highest BCUT2D eigenvalue weighted by Crippen LogP contribution is 2.45. The summed E-state index contributed by atoms with van der Waals surface area (Å²) in [6.07, 6.45) is 1.96. The highest BCUT2D eigenvalue weighted by atomic mass is 16.7. The molecule has 0 saturated carbocycles. The second-order valence-corrected chi connectivity index (χ2v) is 15.2. The van der Waals surface area contributed by atoms with Crippen LogP contribution >= 0.6 is 0 Å². The van der Waals surface area contributed by atoms with Crippen LogP contribution in [-0.4, -0.2) is 79.1 Å². The Bertz CT molecular complexity index is 2240. The zero-order valence-corrected chi connectivity index (χ0v) is 32.1. The van der Waals surface area contributed by atoms with Crippen molar-refractivity contribution in [3.8, 4) is 29.4 Å². The molecule has 5 unspecified atom stereocenters. The predicted molar refractivity (Wildman–Crippen MR) is 206 cm³/mol. The van der Waals surface area contributed by atoms with Gasteiger partial charge >= 0.3 is 5.97 Å². The van der Waals surface area contributed by atoms with Crippen LogP contribution in [0.15, 0.2) is 65.4 Å². The Morgan fingerprint density at radius 1 is 1.16 bits per heavy atom. The lowest BCUT2D eigenvalue weighted by Gasteiger charge is -2.49. The number of unbranched alkanes of at least 4 members (excludes halogenated alkanes) is 1. The van der Waals surface area contributed by atoms with E-state index in [0.717, 1.165) is 12.8 Å². The van der Waals surface area contributed by atoms with E-state index in [4.69, 9.17) is 14.2 Å². The SMILES string of the molecule is CC/C=C1\C2=C(C)C(=O)C[C@@]1(O)C#C/C=C\C#C[C@@H]2OC1OC(C)C(C)(C(=O)c2nccc3c2[nH]c2ccc(O)cc23)C(O)C1OC(=O)CCCCC(C)C. The number of ketones is 2. The third-order valence-corrected chi connectivity index (χ3v) is 10.9. The Balaban J connectivity index is 1.40. The molecule has 4 N–H and O–H groups in total. The fraction of sp³-hybridized carbons (Fsp3) is 0.455. The molecule has 11 nitrogen and oxygen atoms in total. The summed E-state index contributed by atoms with van der Waals surface area (Å²) in [5, 5.41) is 35.6. The number of phenols is 1. The number of hydrogen-bond donors (Lipinski definition) is 4. The molecule has 0 amide bonds. The quantitative estimate of drug-likeness (QED) is 0.0771. The molecule has 2 bridgehead atoms. The maximum absolute atomic E-state index is 14.8. The highest BCUT2D eigenvalue weighted by molar-refractivity contribution is 6.16. The molecule has 3 aliphatic rings. The molecule has 1 aliphatic heterocycles. The zero-order valence-electron chi connectivity index (χ0n) is 32.1. The van der Waals surface area contributed by atoms with Crippen LogP contribution in [0.5, 0.6) is 5.75 Å². The number of hydrogen-bond acceptors (Lipinski definition) is 10. The number of esters is 1. The van der Waals surface area contributed by atoms with Crippen LogP contribution < -0.4 is 0 Å². The van der Waals surface area contributed by atoms with E-state index in [1.807, 2.05) is 6.92 Å². The van der Waals surface area contributed by atoms with Gasteiger partial charge in [-0.3, -0.25) is 19.4 Å². The number of carbonyl (C=O) groups excluding carboxylic acids is 3. The molecule has 288 valence electrons. The number of Topliss-reactive ketones (excluding diaryl/α,β-unsaturated/α-hetero) is 2. The first-order chi connectivity index (χ1) is 26.2. The van der Waals surface area contributed by atoms with Crippen molar-refractivity contribution in [1.29, 1.82) is 0 Å². The van der Waals surface area contributed by atoms with E-state index in [1.165, 1.54) is 24.4 Å². The smallest absolute Gasteiger partial charge is 0.306 e. The first kappa shape index (κ1) is 39.6. The Morgan fingerprint density at radius 3 is 2.67 bits per heavy atom. The lowest BCUT2D eigenvalue weighted by Crippen LogP contribution is -2.64. The van der Waals surface area contributed by atoms with Crippen LogP contribution in [0.2, 0.25) is 0 Å². The second-order valence-electron chi connectivity index (χ2n) is 15.2. The minimum atomic E-state index is -1.81. The number of rotatable bonds is 11. The van der Waals surface area contributed by atoms with Crippen molar-refractivity contribution in [3.63, 3.8) is 0 Å². The molecule has 2 aliphatic carbocycles. The van der Waals surface area contributed by atoms with Crippen molar-refractivity contribution in [2.75, 3.05) is 0 Å². The lowest BCUT2D eigenvalue weighted by atomic mass is 9.70. The number of allylic oxidation sites excluding steroid dienone is 4. The van der Waals surface area contributed by atoms with Crippen molar-refractivity contribution >= 4 is 39.3 Å². The summed E-state index contributed by atoms with van der Waals surface area (Å²) in [6.45, 7) is 10.9. The maximum Gasteiger partial charge on any atom is 0.306 e. The van der Waals surface area contributed by atoms with Crippen LogP contribution in [0.3, 0.4) is 0 Å². The number of aliphatic hydroxyl groups excluding tert-OH is 1. The molecule has 0 radical (unpaired) electrons. The fourth-order valence-electron chi connectivity index (χ4n) is 7.61. The maximum atomic E-state index is 14.8. The van der Waals surface area contributed by atoms with Gasteiger partial charge in [-0.05, 0) is 87.1 Å². The van der Waals surface area contributed by atoms with E-state index in [9.17, 15) is 29.7 Å². The molecule has 3 aromatic rings. The number of pyridine rings is 1. The summed E-state index contributed by atoms with van der Waals surface area (Å²) in [7, 11) is 0. The van der Waals surface area contributed by atoms with Crippen LogP contribution in [-0.2, 0) is 23.8 Å². The van der Waals surface area contributed by atoms with Gasteiger partial charge in [0.2, 0.25) is 0 Å². The van der Waals surface area contributed by atoms with Gasteiger partial charge in [-0.1, -0.05) is 63.4 Å². The molecule has 7 atom stereocenters. The van der Waals surface area contributed by atoms with Crippen molar-refractivity contribution in [2.24, 2.45) is 11.3 Å². The van der Waals surface area contributed by atoms with Gasteiger partial charge in [-0.15, -0.1) is 0 Å². The van der Waals surface area contributed by atoms with Crippen molar-refractivity contribution in [3.05, 3.63) is 71.1 Å². The fourth-order valence-corrected chi connectivity index (χ4v) is 7.61. The molecule has 1 fully saturated rings. The Labute approximate surface area is 320 Å². The van der Waals surface area contributed by atoms with Crippen molar-refractivity contribution < 1.29 is 43.9 Å². The number of phenolic OH excluding ortho intramolecular Hbond substituents is 1. The number of aliphatic hydroxyl groups is 2. The summed E-state index contributed by atoms with van der Waals surface area (Å²) in [4.78, 5) is 49.3. The third kappa shape index (κ3) is 7.63. The summed E-state index contributed by atoms with van der Waals surface area (Å²) in [6, 6.07) is 6.55. The van der Waals surface area contributed by atoms with Gasteiger partial charge in [0.1, 0.15) is 23.7 Å². The molecule has 0 spiro atoms. The van der Waals surface area contributed by atoms with Crippen molar-refractivity contribution in [1.82, 2.24) is 9.97 Å². The van der Waals surface area contributed by atoms with Gasteiger partial charge in [0.25, 0.3) is 0 Å². The van der Waals surface area contributed by atoms with Gasteiger partial charge < -0.3 is 34.5 Å². The number of aromatic amines is 1. The Hall–Kier alpha value is -5.04. The van der Waals surface area contributed by atoms with E-state index in [1.54, 1.807) is 45.0 Å². The van der Waals surface area contributed by atoms with Crippen LogP contribution in [0.25, 0.3) is 21.8 Å². The topological polar surface area (TPSA) is 168 Å². The zero-order chi connectivity index (χ0) is 39.7. The Kier molecular flexibility index (Phi) is 11.5. The van der Waals surface area contributed by atoms with Crippen LogP contribution in [0, 0.1) is 35.0 Å². The molecule has 2 aromatic heterocycles. The summed E-state index contributed by atoms with van der Waals surface area (Å²) in [5.41, 5.74) is -1.40. The number of fused-ring (bicyclic) bond motifs is 5. The standard InChI is InChI=1S/C44H48N2O9/c1-7-14-31-36-26(4)33(48)24-44(31,52)21-13-9-8-10-16-34(36)54-42-39(55-35(49)17-12-11-15-25(2)3)41(51)43(6,27(5)53-42)40(50)38-37-29(20-22-45-38)30-23-28(47)18-19-32(30)46-37/h8-9,14,18-20,22-23,25,27,34,39,41-42,46-47,51-52H,7,11-12,15,17,24H2,1-6H3/b9-8-,31-14+/t27?,34-,39?,41?,42?,43?,44-/m0/s1.